The average molecular weight is 225 g/mol. The molecule has 1 N–H and O–H groups in total. The summed E-state index contributed by atoms with van der Waals surface area (Å²) in [6, 6.07) is 17.1. The highest BCUT2D eigenvalue weighted by Crippen LogP contribution is 2.16. The number of hydrogen-bond donors (Lipinski definition) is 1. The van der Waals surface area contributed by atoms with E-state index in [9.17, 15) is 0 Å². The first-order valence-corrected chi connectivity index (χ1v) is 6.11. The van der Waals surface area contributed by atoms with Crippen molar-refractivity contribution >= 4 is 5.69 Å². The average Bonchev–Trinajstić information content (AvgIpc) is 2.35. The summed E-state index contributed by atoms with van der Waals surface area (Å²) in [6.45, 7) is 5.25. The number of hydrogen-bond acceptors (Lipinski definition) is 1. The molecule has 0 aliphatic heterocycles. The largest absolute Gasteiger partial charge is 0.384 e. The van der Waals surface area contributed by atoms with E-state index in [4.69, 9.17) is 0 Å². The molecule has 0 saturated carbocycles. The summed E-state index contributed by atoms with van der Waals surface area (Å²) in [6.07, 6.45) is 1.06. The molecule has 1 nitrogen and oxygen atoms in total. The van der Waals surface area contributed by atoms with E-state index in [2.05, 4.69) is 67.7 Å². The summed E-state index contributed by atoms with van der Waals surface area (Å²) < 4.78 is 0. The molecule has 0 amide bonds. The van der Waals surface area contributed by atoms with Crippen molar-refractivity contribution in [1.82, 2.24) is 0 Å². The van der Waals surface area contributed by atoms with Gasteiger partial charge in [-0.2, -0.15) is 0 Å². The molecule has 0 spiro atoms. The van der Waals surface area contributed by atoms with Crippen LogP contribution in [0.4, 0.5) is 5.69 Å². The molecule has 0 saturated heterocycles. The molecular weight excluding hydrogens is 206 g/mol. The molecule has 0 atom stereocenters. The number of nitrogens with one attached hydrogen (secondary N) is 1. The van der Waals surface area contributed by atoms with Crippen LogP contribution in [0.3, 0.4) is 0 Å². The van der Waals surface area contributed by atoms with Crippen LogP contribution in [-0.2, 0) is 6.42 Å². The smallest absolute Gasteiger partial charge is 0.0372 e. The topological polar surface area (TPSA) is 12.0 Å². The minimum absolute atomic E-state index is 0.980. The molecule has 0 fully saturated rings. The molecule has 1 heteroatoms. The van der Waals surface area contributed by atoms with Gasteiger partial charge in [0.2, 0.25) is 0 Å². The van der Waals surface area contributed by atoms with Gasteiger partial charge in [0.1, 0.15) is 0 Å². The van der Waals surface area contributed by atoms with Gasteiger partial charge in [-0.15, -0.1) is 0 Å². The lowest BCUT2D eigenvalue weighted by Crippen LogP contribution is -2.06. The van der Waals surface area contributed by atoms with Gasteiger partial charge in [-0.25, -0.2) is 0 Å². The fourth-order valence-corrected chi connectivity index (χ4v) is 1.91. The Morgan fingerprint density at radius 1 is 0.941 bits per heavy atom. The molecule has 0 bridgehead atoms. The summed E-state index contributed by atoms with van der Waals surface area (Å²) in [4.78, 5) is 0. The Hall–Kier alpha value is -1.76. The first kappa shape index (κ1) is 11.7. The van der Waals surface area contributed by atoms with Crippen LogP contribution in [-0.4, -0.2) is 6.54 Å². The molecule has 0 radical (unpaired) electrons. The van der Waals surface area contributed by atoms with Gasteiger partial charge in [0.05, 0.1) is 0 Å². The molecule has 0 aliphatic carbocycles. The molecule has 2 aromatic carbocycles. The molecule has 2 rings (SSSR count). The fourth-order valence-electron chi connectivity index (χ4n) is 1.91. The van der Waals surface area contributed by atoms with Gasteiger partial charge in [-0.3, -0.25) is 0 Å². The van der Waals surface area contributed by atoms with Crippen molar-refractivity contribution in [2.24, 2.45) is 0 Å². The summed E-state index contributed by atoms with van der Waals surface area (Å²) in [5.74, 6) is 0. The second-order valence-electron chi connectivity index (χ2n) is 4.48. The first-order valence-electron chi connectivity index (χ1n) is 6.11. The maximum atomic E-state index is 3.50. The van der Waals surface area contributed by atoms with Crippen molar-refractivity contribution in [3.63, 3.8) is 0 Å². The van der Waals surface area contributed by atoms with Gasteiger partial charge in [0, 0.05) is 12.2 Å². The molecule has 0 heterocycles. The zero-order valence-electron chi connectivity index (χ0n) is 10.5. The second kappa shape index (κ2) is 5.53. The van der Waals surface area contributed by atoms with Crippen LogP contribution in [0, 0.1) is 13.8 Å². The fraction of sp³-hybridized carbons (Fsp3) is 0.250. The Bertz CT molecular complexity index is 474. The quantitative estimate of drug-likeness (QED) is 0.830. The normalized spacial score (nSPS) is 10.2. The standard InChI is InChI=1S/C16H19N/c1-13-8-9-14(2)16(12-13)17-11-10-15-6-4-3-5-7-15/h3-9,12,17H,10-11H2,1-2H3. The second-order valence-corrected chi connectivity index (χ2v) is 4.48. The first-order chi connectivity index (χ1) is 8.25. The minimum Gasteiger partial charge on any atom is -0.384 e. The predicted octanol–water partition coefficient (Wildman–Crippen LogP) is 3.96. The Morgan fingerprint density at radius 3 is 2.47 bits per heavy atom. The Balaban J connectivity index is 1.92. The van der Waals surface area contributed by atoms with Gasteiger partial charge < -0.3 is 5.32 Å². The molecule has 0 aliphatic rings. The van der Waals surface area contributed by atoms with E-state index >= 15 is 0 Å². The zero-order chi connectivity index (χ0) is 12.1. The molecule has 2 aromatic rings. The van der Waals surface area contributed by atoms with Crippen LogP contribution < -0.4 is 5.32 Å². The van der Waals surface area contributed by atoms with Gasteiger partial charge in [-0.05, 0) is 43.0 Å². The Morgan fingerprint density at radius 2 is 1.71 bits per heavy atom. The summed E-state index contributed by atoms with van der Waals surface area (Å²) in [5.41, 5.74) is 5.24. The third-order valence-corrected chi connectivity index (χ3v) is 2.97. The van der Waals surface area contributed by atoms with Gasteiger partial charge >= 0.3 is 0 Å². The number of aryl methyl sites for hydroxylation is 2. The SMILES string of the molecule is Cc1ccc(C)c(NCCc2ccccc2)c1. The van der Waals surface area contributed by atoms with E-state index in [0.717, 1.165) is 13.0 Å². The highest BCUT2D eigenvalue weighted by atomic mass is 14.9. The summed E-state index contributed by atoms with van der Waals surface area (Å²) >= 11 is 0. The molecule has 17 heavy (non-hydrogen) atoms. The lowest BCUT2D eigenvalue weighted by Gasteiger charge is -2.10. The summed E-state index contributed by atoms with van der Waals surface area (Å²) in [5, 5.41) is 3.50. The van der Waals surface area contributed by atoms with Gasteiger partial charge in [0.25, 0.3) is 0 Å². The van der Waals surface area contributed by atoms with Gasteiger partial charge in [-0.1, -0.05) is 42.5 Å². The third kappa shape index (κ3) is 3.35. The molecule has 0 unspecified atom stereocenters. The maximum absolute atomic E-state index is 3.50. The number of anilines is 1. The molecule has 88 valence electrons. The van der Waals surface area contributed by atoms with Crippen LogP contribution in [0.2, 0.25) is 0 Å². The number of benzene rings is 2. The van der Waals surface area contributed by atoms with Crippen molar-refractivity contribution in [3.05, 3.63) is 65.2 Å². The lowest BCUT2D eigenvalue weighted by atomic mass is 10.1. The number of rotatable bonds is 4. The van der Waals surface area contributed by atoms with Crippen LogP contribution in [0.5, 0.6) is 0 Å². The monoisotopic (exact) mass is 225 g/mol. The highest BCUT2D eigenvalue weighted by molar-refractivity contribution is 5.52. The van der Waals surface area contributed by atoms with E-state index in [-0.39, 0.29) is 0 Å². The van der Waals surface area contributed by atoms with Crippen molar-refractivity contribution < 1.29 is 0 Å². The van der Waals surface area contributed by atoms with Crippen LogP contribution in [0.25, 0.3) is 0 Å². The maximum Gasteiger partial charge on any atom is 0.0372 e. The Labute approximate surface area is 103 Å². The van der Waals surface area contributed by atoms with Crippen molar-refractivity contribution in [3.8, 4) is 0 Å². The van der Waals surface area contributed by atoms with E-state index < -0.39 is 0 Å². The van der Waals surface area contributed by atoms with E-state index in [1.165, 1.54) is 22.4 Å². The van der Waals surface area contributed by atoms with Crippen molar-refractivity contribution in [2.45, 2.75) is 20.3 Å². The van der Waals surface area contributed by atoms with E-state index in [1.807, 2.05) is 0 Å². The van der Waals surface area contributed by atoms with Crippen molar-refractivity contribution in [1.29, 1.82) is 0 Å². The van der Waals surface area contributed by atoms with Crippen molar-refractivity contribution in [2.75, 3.05) is 11.9 Å². The molecular formula is C16H19N. The Kier molecular flexibility index (Phi) is 3.81. The molecule has 0 aromatic heterocycles. The predicted molar refractivity (Wildman–Crippen MR) is 74.6 cm³/mol. The van der Waals surface area contributed by atoms with Crippen LogP contribution in [0.1, 0.15) is 16.7 Å². The van der Waals surface area contributed by atoms with Crippen LogP contribution in [0.15, 0.2) is 48.5 Å². The van der Waals surface area contributed by atoms with Gasteiger partial charge in [0.15, 0.2) is 0 Å². The van der Waals surface area contributed by atoms with E-state index in [1.54, 1.807) is 0 Å². The van der Waals surface area contributed by atoms with Crippen LogP contribution >= 0.6 is 0 Å². The van der Waals surface area contributed by atoms with E-state index in [0.29, 0.717) is 0 Å². The third-order valence-electron chi connectivity index (χ3n) is 2.97. The zero-order valence-corrected chi connectivity index (χ0v) is 10.5. The summed E-state index contributed by atoms with van der Waals surface area (Å²) in [7, 11) is 0. The minimum atomic E-state index is 0.980. The highest BCUT2D eigenvalue weighted by Gasteiger charge is 1.98. The lowest BCUT2D eigenvalue weighted by molar-refractivity contribution is 1.02.